The van der Waals surface area contributed by atoms with Gasteiger partial charge in [-0.1, -0.05) is 45.6 Å². The van der Waals surface area contributed by atoms with Crippen LogP contribution >= 0.6 is 0 Å². The Morgan fingerprint density at radius 1 is 1.38 bits per heavy atom. The van der Waals surface area contributed by atoms with E-state index >= 15 is 0 Å². The van der Waals surface area contributed by atoms with E-state index in [9.17, 15) is 4.79 Å². The largest absolute Gasteiger partial charge is 0.326 e. The second-order valence-electron chi connectivity index (χ2n) is 6.71. The van der Waals surface area contributed by atoms with Crippen molar-refractivity contribution >= 4 is 11.6 Å². The van der Waals surface area contributed by atoms with Gasteiger partial charge in [-0.25, -0.2) is 0 Å². The van der Waals surface area contributed by atoms with Crippen LogP contribution in [0, 0.1) is 23.2 Å². The smallest absolute Gasteiger partial charge is 0.224 e. The van der Waals surface area contributed by atoms with Crippen molar-refractivity contribution in [1.29, 1.82) is 0 Å². The summed E-state index contributed by atoms with van der Waals surface area (Å²) in [5.41, 5.74) is 7.25. The molecule has 1 rings (SSSR count). The molecule has 0 aliphatic heterocycles. The summed E-state index contributed by atoms with van der Waals surface area (Å²) >= 11 is 0. The number of carbonyl (C=O) groups excluding carboxylic acids is 1. The van der Waals surface area contributed by atoms with E-state index in [0.717, 1.165) is 17.7 Å². The monoisotopic (exact) mass is 286 g/mol. The molecule has 0 saturated heterocycles. The van der Waals surface area contributed by atoms with Gasteiger partial charge >= 0.3 is 0 Å². The summed E-state index contributed by atoms with van der Waals surface area (Å²) < 4.78 is 0. The number of benzene rings is 1. The zero-order valence-electron chi connectivity index (χ0n) is 13.5. The van der Waals surface area contributed by atoms with Crippen molar-refractivity contribution in [2.45, 2.75) is 40.5 Å². The van der Waals surface area contributed by atoms with Crippen molar-refractivity contribution in [2.75, 3.05) is 11.9 Å². The maximum Gasteiger partial charge on any atom is 0.224 e. The van der Waals surface area contributed by atoms with Gasteiger partial charge in [0, 0.05) is 17.7 Å². The molecule has 21 heavy (non-hydrogen) atoms. The topological polar surface area (TPSA) is 55.1 Å². The number of hydrogen-bond donors (Lipinski definition) is 2. The van der Waals surface area contributed by atoms with E-state index < -0.39 is 0 Å². The Balaban J connectivity index is 2.59. The lowest BCUT2D eigenvalue weighted by Gasteiger charge is -2.22. The minimum Gasteiger partial charge on any atom is -0.326 e. The maximum atomic E-state index is 12.1. The highest BCUT2D eigenvalue weighted by molar-refractivity contribution is 5.91. The van der Waals surface area contributed by atoms with Gasteiger partial charge in [0.2, 0.25) is 5.91 Å². The third-order valence-electron chi connectivity index (χ3n) is 2.98. The lowest BCUT2D eigenvalue weighted by molar-refractivity contribution is -0.117. The van der Waals surface area contributed by atoms with Gasteiger partial charge in [-0.2, -0.15) is 0 Å². The van der Waals surface area contributed by atoms with Gasteiger partial charge in [-0.3, -0.25) is 4.79 Å². The van der Waals surface area contributed by atoms with Gasteiger partial charge < -0.3 is 11.1 Å². The second-order valence-corrected chi connectivity index (χ2v) is 6.71. The van der Waals surface area contributed by atoms with E-state index in [1.165, 1.54) is 0 Å². The Morgan fingerprint density at radius 2 is 2.10 bits per heavy atom. The lowest BCUT2D eigenvalue weighted by Crippen LogP contribution is -2.18. The molecule has 1 aromatic rings. The molecule has 1 unspecified atom stereocenters. The fourth-order valence-electron chi connectivity index (χ4n) is 2.47. The first-order valence-electron chi connectivity index (χ1n) is 7.39. The molecule has 3 N–H and O–H groups in total. The fourth-order valence-corrected chi connectivity index (χ4v) is 2.47. The molecule has 0 heterocycles. The molecule has 0 radical (unpaired) electrons. The molecule has 1 amide bonds. The molecule has 3 heteroatoms. The van der Waals surface area contributed by atoms with Crippen molar-refractivity contribution in [3.63, 3.8) is 0 Å². The Kier molecular flexibility index (Phi) is 6.45. The van der Waals surface area contributed by atoms with E-state index in [0.29, 0.717) is 18.9 Å². The highest BCUT2D eigenvalue weighted by Gasteiger charge is 2.17. The number of anilines is 1. The SMILES string of the molecule is CC(CC(=O)Nc1cccc(C#CCN)c1)CC(C)(C)C. The van der Waals surface area contributed by atoms with Crippen LogP contribution in [0.2, 0.25) is 0 Å². The van der Waals surface area contributed by atoms with E-state index in [2.05, 4.69) is 44.9 Å². The molecule has 1 atom stereocenters. The van der Waals surface area contributed by atoms with Gasteiger partial charge in [-0.05, 0) is 36.0 Å². The highest BCUT2D eigenvalue weighted by Crippen LogP contribution is 2.26. The standard InChI is InChI=1S/C18H26N2O/c1-14(13-18(2,3)4)11-17(21)20-16-9-5-7-15(12-16)8-6-10-19/h5,7,9,12,14H,10-11,13,19H2,1-4H3,(H,20,21). The van der Waals surface area contributed by atoms with Crippen molar-refractivity contribution < 1.29 is 4.79 Å². The summed E-state index contributed by atoms with van der Waals surface area (Å²) in [6.45, 7) is 9.04. The average Bonchev–Trinajstić information content (AvgIpc) is 2.34. The number of rotatable bonds is 4. The quantitative estimate of drug-likeness (QED) is 0.834. The van der Waals surface area contributed by atoms with E-state index in [-0.39, 0.29) is 11.3 Å². The zero-order valence-corrected chi connectivity index (χ0v) is 13.5. The van der Waals surface area contributed by atoms with E-state index in [4.69, 9.17) is 5.73 Å². The van der Waals surface area contributed by atoms with Gasteiger partial charge in [-0.15, -0.1) is 0 Å². The molecule has 0 aromatic heterocycles. The number of nitrogens with two attached hydrogens (primary N) is 1. The third-order valence-corrected chi connectivity index (χ3v) is 2.98. The number of carbonyl (C=O) groups is 1. The Hall–Kier alpha value is -1.79. The van der Waals surface area contributed by atoms with Crippen LogP contribution in [0.3, 0.4) is 0 Å². The van der Waals surface area contributed by atoms with Crippen molar-refractivity contribution in [1.82, 2.24) is 0 Å². The Bertz CT molecular complexity index is 532. The summed E-state index contributed by atoms with van der Waals surface area (Å²) in [5.74, 6) is 6.19. The first kappa shape index (κ1) is 17.3. The van der Waals surface area contributed by atoms with Crippen LogP contribution in [0.5, 0.6) is 0 Å². The highest BCUT2D eigenvalue weighted by atomic mass is 16.1. The summed E-state index contributed by atoms with van der Waals surface area (Å²) in [6.07, 6.45) is 1.57. The van der Waals surface area contributed by atoms with Crippen LogP contribution in [-0.4, -0.2) is 12.5 Å². The Morgan fingerprint density at radius 3 is 2.71 bits per heavy atom. The van der Waals surface area contributed by atoms with Gasteiger partial charge in [0.05, 0.1) is 6.54 Å². The molecule has 1 aromatic carbocycles. The van der Waals surface area contributed by atoms with E-state index in [1.807, 2.05) is 24.3 Å². The zero-order chi connectivity index (χ0) is 15.9. The minimum absolute atomic E-state index is 0.0516. The van der Waals surface area contributed by atoms with Crippen LogP contribution < -0.4 is 11.1 Å². The van der Waals surface area contributed by atoms with Crippen LogP contribution in [0.15, 0.2) is 24.3 Å². The molecule has 0 fully saturated rings. The molecule has 0 bridgehead atoms. The van der Waals surface area contributed by atoms with Gasteiger partial charge in [0.25, 0.3) is 0 Å². The predicted octanol–water partition coefficient (Wildman–Crippen LogP) is 3.40. The summed E-state index contributed by atoms with van der Waals surface area (Å²) in [4.78, 5) is 12.1. The molecule has 114 valence electrons. The van der Waals surface area contributed by atoms with Crippen LogP contribution in [0.25, 0.3) is 0 Å². The second kappa shape index (κ2) is 7.85. The minimum atomic E-state index is 0.0516. The van der Waals surface area contributed by atoms with Gasteiger partial charge in [0.15, 0.2) is 0 Å². The molecule has 0 aliphatic carbocycles. The molecule has 0 aliphatic rings. The molecule has 3 nitrogen and oxygen atoms in total. The van der Waals surface area contributed by atoms with Crippen molar-refractivity contribution in [2.24, 2.45) is 17.1 Å². The molecular formula is C18H26N2O. The number of nitrogens with one attached hydrogen (secondary N) is 1. The maximum absolute atomic E-state index is 12.1. The number of hydrogen-bond acceptors (Lipinski definition) is 2. The van der Waals surface area contributed by atoms with E-state index in [1.54, 1.807) is 0 Å². The lowest BCUT2D eigenvalue weighted by atomic mass is 9.84. The summed E-state index contributed by atoms with van der Waals surface area (Å²) in [6, 6.07) is 7.53. The van der Waals surface area contributed by atoms with Crippen molar-refractivity contribution in [3.8, 4) is 11.8 Å². The third kappa shape index (κ3) is 7.53. The Labute approximate surface area is 128 Å². The first-order chi connectivity index (χ1) is 9.80. The number of amides is 1. The van der Waals surface area contributed by atoms with Gasteiger partial charge in [0.1, 0.15) is 0 Å². The average molecular weight is 286 g/mol. The normalized spacial score (nSPS) is 12.2. The fraction of sp³-hybridized carbons (Fsp3) is 0.500. The molecule has 0 saturated carbocycles. The summed E-state index contributed by atoms with van der Waals surface area (Å²) in [5, 5.41) is 2.94. The molecule has 0 spiro atoms. The summed E-state index contributed by atoms with van der Waals surface area (Å²) in [7, 11) is 0. The van der Waals surface area contributed by atoms with Crippen LogP contribution in [0.4, 0.5) is 5.69 Å². The van der Waals surface area contributed by atoms with Crippen LogP contribution in [-0.2, 0) is 4.79 Å². The first-order valence-corrected chi connectivity index (χ1v) is 7.39. The van der Waals surface area contributed by atoms with Crippen molar-refractivity contribution in [3.05, 3.63) is 29.8 Å². The molecular weight excluding hydrogens is 260 g/mol. The predicted molar refractivity (Wildman–Crippen MR) is 88.9 cm³/mol. The van der Waals surface area contributed by atoms with Crippen LogP contribution in [0.1, 0.15) is 46.1 Å².